The summed E-state index contributed by atoms with van der Waals surface area (Å²) in [5.74, 6) is -1.06. The first-order chi connectivity index (χ1) is 12.8. The number of esters is 1. The van der Waals surface area contributed by atoms with Gasteiger partial charge in [0, 0.05) is 10.7 Å². The molecular weight excluding hydrogens is 418 g/mol. The van der Waals surface area contributed by atoms with Crippen LogP contribution in [0.2, 0.25) is 0 Å². The molecule has 0 radical (unpaired) electrons. The molecule has 3 N–H and O–H groups in total. The Balaban J connectivity index is 3.36. The second-order valence-corrected chi connectivity index (χ2v) is 6.96. The van der Waals surface area contributed by atoms with Crippen LogP contribution in [-0.2, 0) is 16.1 Å². The highest BCUT2D eigenvalue weighted by Gasteiger charge is 2.26. The molecule has 0 saturated heterocycles. The largest absolute Gasteiger partial charge is 0.496 e. The number of aliphatic hydroxyl groups excluding tert-OH is 2. The average Bonchev–Trinajstić information content (AvgIpc) is 2.64. The summed E-state index contributed by atoms with van der Waals surface area (Å²) in [6.07, 6.45) is 1.27. The van der Waals surface area contributed by atoms with E-state index in [0.717, 1.165) is 0 Å². The zero-order chi connectivity index (χ0) is 20.6. The topological polar surface area (TPSA) is 105 Å². The lowest BCUT2D eigenvalue weighted by atomic mass is 10.0. The summed E-state index contributed by atoms with van der Waals surface area (Å²) < 4.78 is 10.8. The maximum atomic E-state index is 13.0. The Morgan fingerprint density at radius 3 is 2.44 bits per heavy atom. The van der Waals surface area contributed by atoms with Crippen molar-refractivity contribution >= 4 is 27.7 Å². The number of carbonyl (C=O) groups excluding carboxylic acids is 2. The monoisotopic (exact) mass is 443 g/mol. The van der Waals surface area contributed by atoms with Crippen molar-refractivity contribution in [2.45, 2.75) is 33.4 Å². The van der Waals surface area contributed by atoms with E-state index in [4.69, 9.17) is 9.47 Å². The Kier molecular flexibility index (Phi) is 9.48. The number of methoxy groups -OCH3 is 1. The summed E-state index contributed by atoms with van der Waals surface area (Å²) in [4.78, 5) is 25.4. The van der Waals surface area contributed by atoms with Crippen molar-refractivity contribution in [2.75, 3.05) is 20.3 Å². The number of benzene rings is 1. The van der Waals surface area contributed by atoms with E-state index in [1.807, 2.05) is 13.8 Å². The molecule has 1 aromatic rings. The van der Waals surface area contributed by atoms with Crippen molar-refractivity contribution < 1.29 is 29.3 Å². The second kappa shape index (κ2) is 11.1. The SMILES string of the molecule is CCOC(=O)/C(=C\N[C@H](CO)C(C)C)C(=O)c1cc(Br)c(CO)cc1OC. The smallest absolute Gasteiger partial charge is 0.343 e. The molecule has 0 amide bonds. The molecule has 0 unspecified atom stereocenters. The molecule has 0 aliphatic carbocycles. The van der Waals surface area contributed by atoms with Gasteiger partial charge in [0.25, 0.3) is 0 Å². The first kappa shape index (κ1) is 23.1. The summed E-state index contributed by atoms with van der Waals surface area (Å²) in [5.41, 5.74) is 0.481. The molecule has 0 spiro atoms. The molecule has 0 heterocycles. The van der Waals surface area contributed by atoms with Gasteiger partial charge in [-0.1, -0.05) is 29.8 Å². The number of ether oxygens (including phenoxy) is 2. The summed E-state index contributed by atoms with van der Waals surface area (Å²) in [5, 5.41) is 21.7. The van der Waals surface area contributed by atoms with Gasteiger partial charge < -0.3 is 25.0 Å². The van der Waals surface area contributed by atoms with Gasteiger partial charge in [-0.05, 0) is 30.5 Å². The molecule has 0 aromatic heterocycles. The number of carbonyl (C=O) groups is 2. The van der Waals surface area contributed by atoms with Crippen LogP contribution in [0.1, 0.15) is 36.7 Å². The zero-order valence-electron chi connectivity index (χ0n) is 15.9. The number of Topliss-reactive ketones (excluding diaryl/α,β-unsaturated/α-hetero) is 1. The van der Waals surface area contributed by atoms with Crippen LogP contribution in [0.4, 0.5) is 0 Å². The normalized spacial score (nSPS) is 12.7. The molecular formula is C19H26BrNO6. The number of ketones is 1. The van der Waals surface area contributed by atoms with E-state index in [2.05, 4.69) is 21.2 Å². The average molecular weight is 444 g/mol. The molecule has 1 rings (SSSR count). The Bertz CT molecular complexity index is 702. The van der Waals surface area contributed by atoms with Crippen LogP contribution in [0.15, 0.2) is 28.4 Å². The van der Waals surface area contributed by atoms with Gasteiger partial charge in [0.15, 0.2) is 0 Å². The molecule has 27 heavy (non-hydrogen) atoms. The predicted octanol–water partition coefficient (Wildman–Crippen LogP) is 2.19. The minimum atomic E-state index is -0.778. The first-order valence-corrected chi connectivity index (χ1v) is 9.36. The molecule has 0 aliphatic rings. The van der Waals surface area contributed by atoms with Crippen molar-refractivity contribution in [3.8, 4) is 5.75 Å². The quantitative estimate of drug-likeness (QED) is 0.167. The van der Waals surface area contributed by atoms with E-state index in [1.54, 1.807) is 6.92 Å². The van der Waals surface area contributed by atoms with Crippen LogP contribution in [0.25, 0.3) is 0 Å². The van der Waals surface area contributed by atoms with Crippen LogP contribution in [0, 0.1) is 5.92 Å². The number of rotatable bonds is 10. The van der Waals surface area contributed by atoms with Crippen molar-refractivity contribution in [3.05, 3.63) is 39.5 Å². The van der Waals surface area contributed by atoms with Gasteiger partial charge in [0.2, 0.25) is 5.78 Å². The number of hydrogen-bond donors (Lipinski definition) is 3. The lowest BCUT2D eigenvalue weighted by Crippen LogP contribution is -2.34. The summed E-state index contributed by atoms with van der Waals surface area (Å²) in [6.45, 7) is 5.17. The minimum Gasteiger partial charge on any atom is -0.496 e. The molecule has 0 fully saturated rings. The van der Waals surface area contributed by atoms with Crippen LogP contribution in [0.3, 0.4) is 0 Å². The Morgan fingerprint density at radius 2 is 1.96 bits per heavy atom. The van der Waals surface area contributed by atoms with E-state index in [1.165, 1.54) is 25.4 Å². The van der Waals surface area contributed by atoms with Gasteiger partial charge in [-0.15, -0.1) is 0 Å². The fraction of sp³-hybridized carbons (Fsp3) is 0.474. The highest BCUT2D eigenvalue weighted by Crippen LogP contribution is 2.29. The first-order valence-electron chi connectivity index (χ1n) is 8.56. The number of hydrogen-bond acceptors (Lipinski definition) is 7. The third-order valence-electron chi connectivity index (χ3n) is 3.97. The van der Waals surface area contributed by atoms with E-state index in [9.17, 15) is 19.8 Å². The van der Waals surface area contributed by atoms with Gasteiger partial charge in [-0.25, -0.2) is 4.79 Å². The molecule has 0 aliphatic heterocycles. The molecule has 1 atom stereocenters. The minimum absolute atomic E-state index is 0.0808. The lowest BCUT2D eigenvalue weighted by molar-refractivity contribution is -0.138. The van der Waals surface area contributed by atoms with Gasteiger partial charge in [0.05, 0.1) is 38.5 Å². The molecule has 0 saturated carbocycles. The third kappa shape index (κ3) is 6.05. The number of aliphatic hydroxyl groups is 2. The Hall–Kier alpha value is -1.90. The van der Waals surface area contributed by atoms with Crippen LogP contribution in [-0.4, -0.2) is 48.3 Å². The third-order valence-corrected chi connectivity index (χ3v) is 4.70. The van der Waals surface area contributed by atoms with E-state index < -0.39 is 11.8 Å². The lowest BCUT2D eigenvalue weighted by Gasteiger charge is -2.19. The molecule has 0 bridgehead atoms. The number of nitrogens with one attached hydrogen (secondary N) is 1. The fourth-order valence-corrected chi connectivity index (χ4v) is 2.75. The van der Waals surface area contributed by atoms with Crippen molar-refractivity contribution in [2.24, 2.45) is 5.92 Å². The second-order valence-electron chi connectivity index (χ2n) is 6.11. The summed E-state index contributed by atoms with van der Waals surface area (Å²) in [7, 11) is 1.40. The van der Waals surface area contributed by atoms with Gasteiger partial charge in [-0.2, -0.15) is 0 Å². The van der Waals surface area contributed by atoms with Crippen molar-refractivity contribution in [1.82, 2.24) is 5.32 Å². The van der Waals surface area contributed by atoms with Crippen LogP contribution >= 0.6 is 15.9 Å². The molecule has 1 aromatic carbocycles. The van der Waals surface area contributed by atoms with E-state index >= 15 is 0 Å². The maximum absolute atomic E-state index is 13.0. The highest BCUT2D eigenvalue weighted by molar-refractivity contribution is 9.10. The van der Waals surface area contributed by atoms with E-state index in [-0.39, 0.29) is 48.7 Å². The number of halogens is 1. The molecule has 7 nitrogen and oxygen atoms in total. The van der Waals surface area contributed by atoms with Crippen LogP contribution < -0.4 is 10.1 Å². The maximum Gasteiger partial charge on any atom is 0.343 e. The molecule has 8 heteroatoms. The predicted molar refractivity (Wildman–Crippen MR) is 105 cm³/mol. The standard InChI is InChI=1S/C19H26BrNO6/c1-5-27-19(25)14(8-21-16(10-23)11(2)3)18(24)13-7-15(20)12(9-22)6-17(13)26-4/h6-8,11,16,21-23H,5,9-10H2,1-4H3/b14-8-/t16-/m1/s1. The fourth-order valence-electron chi connectivity index (χ4n) is 2.28. The molecule has 150 valence electrons. The van der Waals surface area contributed by atoms with Gasteiger partial charge in [-0.3, -0.25) is 4.79 Å². The van der Waals surface area contributed by atoms with Gasteiger partial charge >= 0.3 is 5.97 Å². The van der Waals surface area contributed by atoms with Crippen molar-refractivity contribution in [3.63, 3.8) is 0 Å². The Morgan fingerprint density at radius 1 is 1.30 bits per heavy atom. The summed E-state index contributed by atoms with van der Waals surface area (Å²) >= 11 is 3.30. The highest BCUT2D eigenvalue weighted by atomic mass is 79.9. The van der Waals surface area contributed by atoms with E-state index in [0.29, 0.717) is 10.0 Å². The van der Waals surface area contributed by atoms with Gasteiger partial charge in [0.1, 0.15) is 11.3 Å². The van der Waals surface area contributed by atoms with Crippen LogP contribution in [0.5, 0.6) is 5.75 Å². The van der Waals surface area contributed by atoms with Crippen molar-refractivity contribution in [1.29, 1.82) is 0 Å². The Labute approximate surface area is 167 Å². The summed E-state index contributed by atoms with van der Waals surface area (Å²) in [6, 6.07) is 2.69. The zero-order valence-corrected chi connectivity index (χ0v) is 17.5.